The largest absolute Gasteiger partial charge is 0.480 e. The number of esters is 3. The first-order valence-electron chi connectivity index (χ1n) is 16.2. The van der Waals surface area contributed by atoms with E-state index in [0.29, 0.717) is 73.1 Å². The number of hydrogen-bond acceptors (Lipinski definition) is 14. The molecule has 0 radical (unpaired) electrons. The van der Waals surface area contributed by atoms with Gasteiger partial charge in [0.15, 0.2) is 11.8 Å². The molecule has 3 atom stereocenters. The standard InChI is InChI=1S/C37H34N2O11S2/c1-20-29(48-32(42)13-15-52-18-30(39)46-19-40)11-10-26-33(20)49-34-23-8-7-22(47-31(41)12-14-51-17-28(38)35(43)44)16-21(23)6-9-27(34)37(26)25-5-3-2-4-24(25)36(45)50-37/h2-11,16,19,28,30H,12-15,17-18,38-39H2,1H3,(H,43,44). The number of fused-ring (bicyclic) bond motifs is 8. The Kier molecular flexibility index (Phi) is 11.0. The van der Waals surface area contributed by atoms with Gasteiger partial charge in [0.25, 0.3) is 6.47 Å². The molecule has 0 saturated heterocycles. The maximum atomic E-state index is 13.4. The molecule has 3 unspecified atom stereocenters. The molecule has 0 aromatic heterocycles. The lowest BCUT2D eigenvalue weighted by atomic mass is 9.76. The zero-order valence-electron chi connectivity index (χ0n) is 27.8. The lowest BCUT2D eigenvalue weighted by Crippen LogP contribution is -2.33. The number of nitrogens with two attached hydrogens (primary N) is 2. The first-order chi connectivity index (χ1) is 25.0. The van der Waals surface area contributed by atoms with E-state index in [-0.39, 0.29) is 30.8 Å². The molecule has 2 heterocycles. The van der Waals surface area contributed by atoms with Crippen molar-refractivity contribution in [2.75, 3.05) is 23.0 Å². The molecular formula is C37H34N2O11S2. The Bertz CT molecular complexity index is 2070. The number of carbonyl (C=O) groups excluding carboxylic acids is 4. The van der Waals surface area contributed by atoms with Crippen molar-refractivity contribution in [1.29, 1.82) is 0 Å². The van der Waals surface area contributed by atoms with Crippen molar-refractivity contribution >= 4 is 64.6 Å². The highest BCUT2D eigenvalue weighted by Gasteiger charge is 2.54. The van der Waals surface area contributed by atoms with Crippen molar-refractivity contribution in [3.8, 4) is 23.0 Å². The summed E-state index contributed by atoms with van der Waals surface area (Å²) in [5.41, 5.74) is 12.5. The number of thioether (sulfide) groups is 2. The Hall–Kier alpha value is -5.09. The summed E-state index contributed by atoms with van der Waals surface area (Å²) >= 11 is 2.60. The van der Waals surface area contributed by atoms with Crippen LogP contribution in [0.5, 0.6) is 23.0 Å². The number of rotatable bonds is 15. The third-order valence-corrected chi connectivity index (χ3v) is 10.7. The van der Waals surface area contributed by atoms with Gasteiger partial charge in [-0.3, -0.25) is 24.9 Å². The molecular weight excluding hydrogens is 713 g/mol. The Balaban J connectivity index is 1.29. The van der Waals surface area contributed by atoms with Crippen LogP contribution >= 0.6 is 23.5 Å². The minimum atomic E-state index is -1.37. The summed E-state index contributed by atoms with van der Waals surface area (Å²) in [6, 6.07) is 18.2. The van der Waals surface area contributed by atoms with Crippen LogP contribution in [0.15, 0.2) is 66.7 Å². The maximum Gasteiger partial charge on any atom is 0.340 e. The zero-order valence-corrected chi connectivity index (χ0v) is 29.5. The number of benzene rings is 4. The highest BCUT2D eigenvalue weighted by molar-refractivity contribution is 7.99. The summed E-state index contributed by atoms with van der Waals surface area (Å²) in [4.78, 5) is 60.2. The van der Waals surface area contributed by atoms with Crippen LogP contribution in [-0.2, 0) is 34.3 Å². The predicted molar refractivity (Wildman–Crippen MR) is 193 cm³/mol. The van der Waals surface area contributed by atoms with E-state index >= 15 is 0 Å². The van der Waals surface area contributed by atoms with E-state index in [0.717, 1.165) is 0 Å². The van der Waals surface area contributed by atoms with E-state index in [4.69, 9.17) is 35.5 Å². The molecule has 5 N–H and O–H groups in total. The van der Waals surface area contributed by atoms with Crippen molar-refractivity contribution in [2.24, 2.45) is 11.5 Å². The van der Waals surface area contributed by atoms with Crippen LogP contribution in [0.25, 0.3) is 10.8 Å². The third kappa shape index (κ3) is 7.30. The topological polar surface area (TPSA) is 204 Å². The van der Waals surface area contributed by atoms with Crippen LogP contribution in [-0.4, -0.2) is 70.7 Å². The fraction of sp³-hybridized carbons (Fsp3) is 0.270. The molecule has 6 rings (SSSR count). The van der Waals surface area contributed by atoms with Crippen molar-refractivity contribution in [3.63, 3.8) is 0 Å². The summed E-state index contributed by atoms with van der Waals surface area (Å²) < 4.78 is 28.9. The Morgan fingerprint density at radius 3 is 2.33 bits per heavy atom. The number of carboxylic acids is 1. The molecule has 52 heavy (non-hydrogen) atoms. The van der Waals surface area contributed by atoms with Crippen LogP contribution in [0, 0.1) is 6.92 Å². The van der Waals surface area contributed by atoms with Gasteiger partial charge in [-0.05, 0) is 54.8 Å². The van der Waals surface area contributed by atoms with Gasteiger partial charge in [-0.2, -0.15) is 23.5 Å². The molecule has 1 spiro atoms. The summed E-state index contributed by atoms with van der Waals surface area (Å²) in [6.45, 7) is 2.03. The SMILES string of the molecule is Cc1c(OC(=O)CCSCC(N)OC=O)ccc2c1Oc1c(ccc3cc(OC(=O)CCSCC(N)C(=O)O)ccc13)C21OC(=O)c2ccccc21. The Labute approximate surface area is 306 Å². The molecule has 4 aromatic carbocycles. The van der Waals surface area contributed by atoms with Crippen molar-refractivity contribution in [1.82, 2.24) is 0 Å². The summed E-state index contributed by atoms with van der Waals surface area (Å²) in [7, 11) is 0. The van der Waals surface area contributed by atoms with Gasteiger partial charge >= 0.3 is 23.9 Å². The van der Waals surface area contributed by atoms with E-state index in [9.17, 15) is 24.0 Å². The number of ether oxygens (including phenoxy) is 5. The highest BCUT2D eigenvalue weighted by Crippen LogP contribution is 2.59. The third-order valence-electron chi connectivity index (χ3n) is 8.52. The van der Waals surface area contributed by atoms with E-state index in [2.05, 4.69) is 4.74 Å². The zero-order chi connectivity index (χ0) is 37.0. The van der Waals surface area contributed by atoms with Crippen molar-refractivity contribution in [2.45, 2.75) is 37.6 Å². The van der Waals surface area contributed by atoms with Gasteiger partial charge in [-0.1, -0.05) is 24.3 Å². The van der Waals surface area contributed by atoms with Gasteiger partial charge in [-0.25, -0.2) is 4.79 Å². The second kappa shape index (κ2) is 15.7. The van der Waals surface area contributed by atoms with Gasteiger partial charge < -0.3 is 34.5 Å². The van der Waals surface area contributed by atoms with Crippen LogP contribution in [0.2, 0.25) is 0 Å². The molecule has 0 saturated carbocycles. The molecule has 2 aliphatic rings. The normalized spacial score (nSPS) is 16.5. The maximum absolute atomic E-state index is 13.4. The quantitative estimate of drug-likeness (QED) is 0.0498. The van der Waals surface area contributed by atoms with E-state index in [1.165, 1.54) is 23.5 Å². The molecule has 4 aromatic rings. The molecule has 0 fully saturated rings. The Morgan fingerprint density at radius 1 is 0.885 bits per heavy atom. The molecule has 0 aliphatic carbocycles. The summed E-state index contributed by atoms with van der Waals surface area (Å²) in [5, 5.41) is 10.3. The first kappa shape index (κ1) is 36.7. The van der Waals surface area contributed by atoms with Gasteiger partial charge in [-0.15, -0.1) is 0 Å². The second-order valence-corrected chi connectivity index (χ2v) is 14.2. The van der Waals surface area contributed by atoms with E-state index in [1.807, 2.05) is 24.3 Å². The summed E-state index contributed by atoms with van der Waals surface area (Å²) in [6.07, 6.45) is -0.640. The number of carbonyl (C=O) groups is 5. The van der Waals surface area contributed by atoms with E-state index in [1.54, 1.807) is 49.4 Å². The molecule has 15 heteroatoms. The van der Waals surface area contributed by atoms with Crippen LogP contribution in [0.4, 0.5) is 0 Å². The fourth-order valence-electron chi connectivity index (χ4n) is 6.05. The number of hydrogen-bond donors (Lipinski definition) is 3. The average molecular weight is 747 g/mol. The molecule has 13 nitrogen and oxygen atoms in total. The van der Waals surface area contributed by atoms with Gasteiger partial charge in [0, 0.05) is 50.7 Å². The molecule has 2 aliphatic heterocycles. The van der Waals surface area contributed by atoms with Crippen molar-refractivity contribution in [3.05, 3.63) is 94.5 Å². The molecule has 0 bridgehead atoms. The Morgan fingerprint density at radius 2 is 1.58 bits per heavy atom. The van der Waals surface area contributed by atoms with Crippen molar-refractivity contribution < 1.29 is 52.8 Å². The van der Waals surface area contributed by atoms with Crippen LogP contribution in [0.3, 0.4) is 0 Å². The number of carboxylic acid groups (broad SMARTS) is 1. The van der Waals surface area contributed by atoms with Crippen LogP contribution < -0.4 is 25.7 Å². The monoisotopic (exact) mass is 746 g/mol. The lowest BCUT2D eigenvalue weighted by molar-refractivity contribution is -0.138. The van der Waals surface area contributed by atoms with Gasteiger partial charge in [0.1, 0.15) is 29.0 Å². The van der Waals surface area contributed by atoms with Crippen LogP contribution in [0.1, 0.15) is 45.5 Å². The minimum absolute atomic E-state index is 0.0575. The number of aliphatic carboxylic acids is 1. The average Bonchev–Trinajstić information content (AvgIpc) is 3.42. The molecule has 0 amide bonds. The first-order valence-corrected chi connectivity index (χ1v) is 18.5. The molecule has 270 valence electrons. The fourth-order valence-corrected chi connectivity index (χ4v) is 7.71. The van der Waals surface area contributed by atoms with E-state index < -0.39 is 41.7 Å². The lowest BCUT2D eigenvalue weighted by Gasteiger charge is -2.37. The van der Waals surface area contributed by atoms with Gasteiger partial charge in [0.2, 0.25) is 0 Å². The highest BCUT2D eigenvalue weighted by atomic mass is 32.2. The minimum Gasteiger partial charge on any atom is -0.480 e. The smallest absolute Gasteiger partial charge is 0.340 e. The van der Waals surface area contributed by atoms with Gasteiger partial charge in [0.05, 0.1) is 18.4 Å². The summed E-state index contributed by atoms with van der Waals surface area (Å²) in [5.74, 6) is -0.00291. The second-order valence-electron chi connectivity index (χ2n) is 11.9. The predicted octanol–water partition coefficient (Wildman–Crippen LogP) is 4.64.